The van der Waals surface area contributed by atoms with Crippen LogP contribution in [0.2, 0.25) is 0 Å². The molecule has 3 atom stereocenters. The number of hydrogen-bond acceptors (Lipinski definition) is 5. The summed E-state index contributed by atoms with van der Waals surface area (Å²) >= 11 is 0. The monoisotopic (exact) mass is 385 g/mol. The fourth-order valence-electron chi connectivity index (χ4n) is 1.79. The molecule has 0 heterocycles. The number of para-hydroxylation sites is 1. The standard InChI is InChI=1S/C19H32NO5P/c1-14(2)24-18(21)16(4)20-26(22,23-13-15(3)19(5,6)7)25-17-11-9-8-10-12-17/h8-12,14-16H,13H2,1-7H3,(H,20,22)/t15-,16+,26?/m1/s1. The third kappa shape index (κ3) is 7.90. The van der Waals surface area contributed by atoms with E-state index in [1.165, 1.54) is 0 Å². The van der Waals surface area contributed by atoms with Gasteiger partial charge in [-0.1, -0.05) is 45.9 Å². The van der Waals surface area contributed by atoms with E-state index in [-0.39, 0.29) is 24.0 Å². The Morgan fingerprint density at radius 3 is 2.19 bits per heavy atom. The molecule has 1 rings (SSSR count). The molecule has 7 heteroatoms. The minimum atomic E-state index is -3.77. The average molecular weight is 385 g/mol. The van der Waals surface area contributed by atoms with Crippen molar-refractivity contribution in [1.29, 1.82) is 0 Å². The summed E-state index contributed by atoms with van der Waals surface area (Å²) in [7, 11) is -3.77. The number of rotatable bonds is 9. The van der Waals surface area contributed by atoms with Crippen molar-refractivity contribution in [2.24, 2.45) is 11.3 Å². The van der Waals surface area contributed by atoms with Gasteiger partial charge < -0.3 is 9.26 Å². The quantitative estimate of drug-likeness (QED) is 0.486. The summed E-state index contributed by atoms with van der Waals surface area (Å²) in [5, 5.41) is 2.69. The number of carbonyl (C=O) groups is 1. The van der Waals surface area contributed by atoms with Gasteiger partial charge in [-0.2, -0.15) is 5.09 Å². The highest BCUT2D eigenvalue weighted by atomic mass is 31.2. The Kier molecular flexibility index (Phi) is 8.32. The van der Waals surface area contributed by atoms with Crippen LogP contribution in [0.5, 0.6) is 5.75 Å². The van der Waals surface area contributed by atoms with Gasteiger partial charge in [0.1, 0.15) is 11.8 Å². The van der Waals surface area contributed by atoms with E-state index in [0.29, 0.717) is 5.75 Å². The minimum absolute atomic E-state index is 0.0141. The summed E-state index contributed by atoms with van der Waals surface area (Å²) in [5.41, 5.74) is -0.0141. The van der Waals surface area contributed by atoms with Crippen molar-refractivity contribution in [1.82, 2.24) is 5.09 Å². The molecule has 6 nitrogen and oxygen atoms in total. The lowest BCUT2D eigenvalue weighted by Crippen LogP contribution is -2.36. The predicted molar refractivity (Wildman–Crippen MR) is 103 cm³/mol. The summed E-state index contributed by atoms with van der Waals surface area (Å²) < 4.78 is 29.7. The molecule has 0 amide bonds. The first-order chi connectivity index (χ1) is 11.9. The zero-order valence-corrected chi connectivity index (χ0v) is 17.7. The molecule has 26 heavy (non-hydrogen) atoms. The zero-order valence-electron chi connectivity index (χ0n) is 16.8. The third-order valence-corrected chi connectivity index (χ3v) is 5.64. The summed E-state index contributed by atoms with van der Waals surface area (Å²) in [6, 6.07) is 7.90. The molecule has 0 saturated carbocycles. The first-order valence-electron chi connectivity index (χ1n) is 8.90. The van der Waals surface area contributed by atoms with Gasteiger partial charge in [0.2, 0.25) is 0 Å². The molecule has 0 aromatic heterocycles. The van der Waals surface area contributed by atoms with Gasteiger partial charge in [-0.25, -0.2) is 4.57 Å². The third-order valence-electron chi connectivity index (χ3n) is 4.00. The summed E-state index contributed by atoms with van der Waals surface area (Å²) in [5.74, 6) is 0.0236. The largest absolute Gasteiger partial charge is 0.462 e. The van der Waals surface area contributed by atoms with Gasteiger partial charge in [-0.3, -0.25) is 9.32 Å². The second-order valence-electron chi connectivity index (χ2n) is 7.80. The summed E-state index contributed by atoms with van der Waals surface area (Å²) in [4.78, 5) is 12.1. The average Bonchev–Trinajstić information content (AvgIpc) is 2.51. The highest BCUT2D eigenvalue weighted by Crippen LogP contribution is 2.46. The van der Waals surface area contributed by atoms with Crippen molar-refractivity contribution in [3.05, 3.63) is 30.3 Å². The van der Waals surface area contributed by atoms with Gasteiger partial charge in [-0.15, -0.1) is 0 Å². The van der Waals surface area contributed by atoms with Crippen LogP contribution in [0.4, 0.5) is 0 Å². The maximum absolute atomic E-state index is 13.3. The van der Waals surface area contributed by atoms with Crippen LogP contribution in [0.15, 0.2) is 30.3 Å². The molecule has 1 aromatic rings. The second-order valence-corrected chi connectivity index (χ2v) is 9.49. The van der Waals surface area contributed by atoms with Crippen LogP contribution in [-0.4, -0.2) is 24.7 Å². The lowest BCUT2D eigenvalue weighted by Gasteiger charge is -2.29. The molecule has 0 aliphatic rings. The normalized spacial score (nSPS) is 16.6. The molecule has 1 N–H and O–H groups in total. The smallest absolute Gasteiger partial charge is 0.459 e. The van der Waals surface area contributed by atoms with Crippen molar-refractivity contribution >= 4 is 13.7 Å². The SMILES string of the molecule is CC(C)OC(=O)[C@H](C)NP(=O)(OC[C@@H](C)C(C)(C)C)Oc1ccccc1. The molecule has 148 valence electrons. The topological polar surface area (TPSA) is 73.9 Å². The highest BCUT2D eigenvalue weighted by Gasteiger charge is 2.34. The van der Waals surface area contributed by atoms with Gasteiger partial charge in [0, 0.05) is 0 Å². The molecule has 1 unspecified atom stereocenters. The molecule has 0 aliphatic heterocycles. The van der Waals surface area contributed by atoms with Crippen LogP contribution >= 0.6 is 7.75 Å². The molecule has 0 aliphatic carbocycles. The lowest BCUT2D eigenvalue weighted by molar-refractivity contribution is -0.149. The van der Waals surface area contributed by atoms with Crippen molar-refractivity contribution < 1.29 is 23.1 Å². The van der Waals surface area contributed by atoms with Crippen molar-refractivity contribution in [2.75, 3.05) is 6.61 Å². The van der Waals surface area contributed by atoms with Gasteiger partial charge in [0.25, 0.3) is 0 Å². The Morgan fingerprint density at radius 1 is 1.12 bits per heavy atom. The Labute approximate surface area is 157 Å². The number of hydrogen-bond donors (Lipinski definition) is 1. The van der Waals surface area contributed by atoms with Gasteiger partial charge in [0.05, 0.1) is 12.7 Å². The van der Waals surface area contributed by atoms with Gasteiger partial charge in [0.15, 0.2) is 0 Å². The van der Waals surface area contributed by atoms with E-state index in [0.717, 1.165) is 0 Å². The van der Waals surface area contributed by atoms with E-state index >= 15 is 0 Å². The first kappa shape index (κ1) is 22.7. The van der Waals surface area contributed by atoms with Crippen molar-refractivity contribution in [3.63, 3.8) is 0 Å². The van der Waals surface area contributed by atoms with Crippen LogP contribution in [0.25, 0.3) is 0 Å². The number of benzene rings is 1. The molecular formula is C19H32NO5P. The predicted octanol–water partition coefficient (Wildman–Crippen LogP) is 4.80. The van der Waals surface area contributed by atoms with Crippen LogP contribution in [0.1, 0.15) is 48.5 Å². The molecule has 0 radical (unpaired) electrons. The van der Waals surface area contributed by atoms with E-state index in [1.54, 1.807) is 45.0 Å². The second kappa shape index (κ2) is 9.54. The van der Waals surface area contributed by atoms with Crippen LogP contribution in [-0.2, 0) is 18.6 Å². The van der Waals surface area contributed by atoms with E-state index < -0.39 is 19.8 Å². The van der Waals surface area contributed by atoms with E-state index in [1.807, 2.05) is 13.0 Å². The van der Waals surface area contributed by atoms with E-state index in [4.69, 9.17) is 13.8 Å². The molecule has 0 saturated heterocycles. The summed E-state index contributed by atoms with van der Waals surface area (Å²) in [6.45, 7) is 13.6. The van der Waals surface area contributed by atoms with E-state index in [2.05, 4.69) is 25.9 Å². The fraction of sp³-hybridized carbons (Fsp3) is 0.632. The fourth-order valence-corrected chi connectivity index (χ4v) is 3.37. The maximum Gasteiger partial charge on any atom is 0.459 e. The minimum Gasteiger partial charge on any atom is -0.462 e. The molecular weight excluding hydrogens is 353 g/mol. The van der Waals surface area contributed by atoms with Crippen molar-refractivity contribution in [2.45, 2.75) is 60.6 Å². The Bertz CT molecular complexity index is 612. The Hall–Kier alpha value is -1.36. The number of carbonyl (C=O) groups excluding carboxylic acids is 1. The first-order valence-corrected chi connectivity index (χ1v) is 10.4. The Balaban J connectivity index is 2.90. The maximum atomic E-state index is 13.3. The summed E-state index contributed by atoms with van der Waals surface area (Å²) in [6.07, 6.45) is -0.261. The van der Waals surface area contributed by atoms with Crippen molar-refractivity contribution in [3.8, 4) is 5.75 Å². The number of ether oxygens (including phenoxy) is 1. The molecule has 0 spiro atoms. The highest BCUT2D eigenvalue weighted by molar-refractivity contribution is 7.52. The number of nitrogens with one attached hydrogen (secondary N) is 1. The van der Waals surface area contributed by atoms with Crippen LogP contribution < -0.4 is 9.61 Å². The van der Waals surface area contributed by atoms with E-state index in [9.17, 15) is 9.36 Å². The molecule has 0 fully saturated rings. The van der Waals surface area contributed by atoms with Gasteiger partial charge >= 0.3 is 13.7 Å². The lowest BCUT2D eigenvalue weighted by atomic mass is 9.83. The molecule has 1 aromatic carbocycles. The van der Waals surface area contributed by atoms with Crippen LogP contribution in [0, 0.1) is 11.3 Å². The van der Waals surface area contributed by atoms with Gasteiger partial charge in [-0.05, 0) is 44.2 Å². The number of esters is 1. The van der Waals surface area contributed by atoms with Crippen LogP contribution in [0.3, 0.4) is 0 Å². The zero-order chi connectivity index (χ0) is 20.0. The molecule has 0 bridgehead atoms. The Morgan fingerprint density at radius 2 is 1.69 bits per heavy atom.